The van der Waals surface area contributed by atoms with Crippen molar-refractivity contribution in [2.75, 3.05) is 23.4 Å². The van der Waals surface area contributed by atoms with Gasteiger partial charge in [0, 0.05) is 18.7 Å². The summed E-state index contributed by atoms with van der Waals surface area (Å²) in [5, 5.41) is 9.56. The highest BCUT2D eigenvalue weighted by Crippen LogP contribution is 2.31. The molecule has 0 spiro atoms. The molecule has 0 radical (unpaired) electrons. The number of aliphatic hydroxyl groups excluding tert-OH is 1. The van der Waals surface area contributed by atoms with Crippen molar-refractivity contribution in [2.45, 2.75) is 38.7 Å². The summed E-state index contributed by atoms with van der Waals surface area (Å²) in [6, 6.07) is 0. The van der Waals surface area contributed by atoms with E-state index in [-0.39, 0.29) is 6.10 Å². The molecule has 1 saturated heterocycles. The number of rotatable bonds is 3. The molecule has 0 aromatic carbocycles. The van der Waals surface area contributed by atoms with Crippen LogP contribution in [-0.4, -0.2) is 34.3 Å². The molecule has 1 aromatic rings. The van der Waals surface area contributed by atoms with Gasteiger partial charge < -0.3 is 15.4 Å². The number of hydrogen-bond donors (Lipinski definition) is 3. The maximum Gasteiger partial charge on any atom is 0.148 e. The Bertz CT molecular complexity index is 401. The maximum absolute atomic E-state index is 9.56. The molecule has 0 atom stereocenters. The first-order chi connectivity index (χ1) is 8.63. The molecule has 0 aliphatic carbocycles. The van der Waals surface area contributed by atoms with Gasteiger partial charge in [0.15, 0.2) is 0 Å². The zero-order valence-electron chi connectivity index (χ0n) is 10.9. The van der Waals surface area contributed by atoms with Gasteiger partial charge in [-0.05, 0) is 18.8 Å². The van der Waals surface area contributed by atoms with Crippen molar-refractivity contribution >= 4 is 11.6 Å². The molecule has 0 bridgehead atoms. The molecule has 4 N–H and O–H groups in total. The summed E-state index contributed by atoms with van der Waals surface area (Å²) in [5.74, 6) is 7.41. The van der Waals surface area contributed by atoms with E-state index in [2.05, 4.69) is 34.1 Å². The quantitative estimate of drug-likeness (QED) is 0.545. The van der Waals surface area contributed by atoms with Crippen molar-refractivity contribution in [2.24, 2.45) is 5.84 Å². The molecule has 1 fully saturated rings. The number of hydrogen-bond acceptors (Lipinski definition) is 6. The van der Waals surface area contributed by atoms with E-state index in [4.69, 9.17) is 5.84 Å². The Hall–Kier alpha value is -1.40. The van der Waals surface area contributed by atoms with Gasteiger partial charge in [-0.15, -0.1) is 0 Å². The third-order valence-corrected chi connectivity index (χ3v) is 3.34. The molecule has 0 amide bonds. The predicted molar refractivity (Wildman–Crippen MR) is 71.4 cm³/mol. The van der Waals surface area contributed by atoms with Crippen molar-refractivity contribution < 1.29 is 5.11 Å². The minimum Gasteiger partial charge on any atom is -0.393 e. The predicted octanol–water partition coefficient (Wildman–Crippen LogP) is 0.847. The molecule has 6 heteroatoms. The summed E-state index contributed by atoms with van der Waals surface area (Å²) in [5.41, 5.74) is 3.68. The lowest BCUT2D eigenvalue weighted by molar-refractivity contribution is 0.145. The van der Waals surface area contributed by atoms with Crippen LogP contribution in [0.3, 0.4) is 0 Å². The second-order valence-corrected chi connectivity index (χ2v) is 4.98. The fraction of sp³-hybridized carbons (Fsp3) is 0.667. The zero-order chi connectivity index (χ0) is 13.1. The van der Waals surface area contributed by atoms with Crippen LogP contribution in [0.5, 0.6) is 0 Å². The first kappa shape index (κ1) is 13.0. The lowest BCUT2D eigenvalue weighted by Gasteiger charge is -2.32. The van der Waals surface area contributed by atoms with E-state index in [0.29, 0.717) is 11.7 Å². The summed E-state index contributed by atoms with van der Waals surface area (Å²) in [4.78, 5) is 10.8. The summed E-state index contributed by atoms with van der Waals surface area (Å²) in [6.07, 6.45) is 2.92. The Morgan fingerprint density at radius 2 is 2.06 bits per heavy atom. The standard InChI is InChI=1S/C12H21N5O/c1-8(2)10-11(16-13)14-7-15-12(10)17-5-3-9(18)4-6-17/h7-9,18H,3-6,13H2,1-2H3,(H,14,15,16). The number of aromatic nitrogens is 2. The number of piperidine rings is 1. The average molecular weight is 251 g/mol. The van der Waals surface area contributed by atoms with E-state index in [1.54, 1.807) is 0 Å². The first-order valence-corrected chi connectivity index (χ1v) is 6.38. The normalized spacial score (nSPS) is 17.3. The van der Waals surface area contributed by atoms with Crippen LogP contribution in [0.4, 0.5) is 11.6 Å². The maximum atomic E-state index is 9.56. The van der Waals surface area contributed by atoms with Crippen LogP contribution < -0.4 is 16.2 Å². The average Bonchev–Trinajstić information content (AvgIpc) is 2.38. The number of aliphatic hydroxyl groups is 1. The van der Waals surface area contributed by atoms with Crippen LogP contribution in [0.2, 0.25) is 0 Å². The monoisotopic (exact) mass is 251 g/mol. The number of anilines is 2. The lowest BCUT2D eigenvalue weighted by Crippen LogP contribution is -2.37. The van der Waals surface area contributed by atoms with E-state index in [9.17, 15) is 5.11 Å². The lowest BCUT2D eigenvalue weighted by atomic mass is 10.0. The van der Waals surface area contributed by atoms with Crippen molar-refractivity contribution in [3.8, 4) is 0 Å². The Balaban J connectivity index is 2.32. The highest BCUT2D eigenvalue weighted by Gasteiger charge is 2.23. The number of hydrazine groups is 1. The summed E-state index contributed by atoms with van der Waals surface area (Å²) < 4.78 is 0. The Labute approximate surface area is 107 Å². The van der Waals surface area contributed by atoms with Crippen LogP contribution in [0.1, 0.15) is 38.2 Å². The number of nitrogen functional groups attached to an aromatic ring is 1. The largest absolute Gasteiger partial charge is 0.393 e. The van der Waals surface area contributed by atoms with E-state index in [1.807, 2.05) is 0 Å². The van der Waals surface area contributed by atoms with Crippen LogP contribution >= 0.6 is 0 Å². The van der Waals surface area contributed by atoms with Crippen molar-refractivity contribution in [3.05, 3.63) is 11.9 Å². The second kappa shape index (κ2) is 5.49. The molecule has 2 heterocycles. The van der Waals surface area contributed by atoms with E-state index >= 15 is 0 Å². The van der Waals surface area contributed by atoms with E-state index in [1.165, 1.54) is 6.33 Å². The molecule has 2 rings (SSSR count). The van der Waals surface area contributed by atoms with Gasteiger partial charge in [0.1, 0.15) is 18.0 Å². The molecular weight excluding hydrogens is 230 g/mol. The highest BCUT2D eigenvalue weighted by molar-refractivity contribution is 5.60. The first-order valence-electron chi connectivity index (χ1n) is 6.38. The van der Waals surface area contributed by atoms with Crippen molar-refractivity contribution in [3.63, 3.8) is 0 Å². The van der Waals surface area contributed by atoms with Gasteiger partial charge in [-0.1, -0.05) is 13.8 Å². The fourth-order valence-electron chi connectivity index (χ4n) is 2.36. The molecule has 6 nitrogen and oxygen atoms in total. The SMILES string of the molecule is CC(C)c1c(NN)ncnc1N1CCC(O)CC1. The van der Waals surface area contributed by atoms with Gasteiger partial charge in [0.05, 0.1) is 6.10 Å². The number of nitrogens with one attached hydrogen (secondary N) is 1. The van der Waals surface area contributed by atoms with Crippen LogP contribution in [-0.2, 0) is 0 Å². The summed E-state index contributed by atoms with van der Waals surface area (Å²) in [6.45, 7) is 5.84. The molecule has 0 unspecified atom stereocenters. The molecule has 1 aliphatic heterocycles. The van der Waals surface area contributed by atoms with Gasteiger partial charge >= 0.3 is 0 Å². The van der Waals surface area contributed by atoms with Crippen LogP contribution in [0.25, 0.3) is 0 Å². The number of nitrogens with two attached hydrogens (primary N) is 1. The minimum absolute atomic E-state index is 0.183. The second-order valence-electron chi connectivity index (χ2n) is 4.98. The fourth-order valence-corrected chi connectivity index (χ4v) is 2.36. The molecule has 18 heavy (non-hydrogen) atoms. The van der Waals surface area contributed by atoms with Crippen LogP contribution in [0.15, 0.2) is 6.33 Å². The van der Waals surface area contributed by atoms with Crippen molar-refractivity contribution in [1.29, 1.82) is 0 Å². The van der Waals surface area contributed by atoms with E-state index in [0.717, 1.165) is 37.3 Å². The smallest absolute Gasteiger partial charge is 0.148 e. The van der Waals surface area contributed by atoms with Gasteiger partial charge in [-0.2, -0.15) is 0 Å². The van der Waals surface area contributed by atoms with Gasteiger partial charge in [-0.25, -0.2) is 15.8 Å². The summed E-state index contributed by atoms with van der Waals surface area (Å²) in [7, 11) is 0. The highest BCUT2D eigenvalue weighted by atomic mass is 16.3. The number of nitrogens with zero attached hydrogens (tertiary/aromatic N) is 3. The summed E-state index contributed by atoms with van der Waals surface area (Å²) >= 11 is 0. The Kier molecular flexibility index (Phi) is 3.98. The van der Waals surface area contributed by atoms with Crippen molar-refractivity contribution in [1.82, 2.24) is 9.97 Å². The molecular formula is C12H21N5O. The zero-order valence-corrected chi connectivity index (χ0v) is 10.9. The van der Waals surface area contributed by atoms with Crippen LogP contribution in [0, 0.1) is 0 Å². The van der Waals surface area contributed by atoms with Gasteiger partial charge in [-0.3, -0.25) is 0 Å². The van der Waals surface area contributed by atoms with E-state index < -0.39 is 0 Å². The third-order valence-electron chi connectivity index (χ3n) is 3.34. The van der Waals surface area contributed by atoms with Gasteiger partial charge in [0.2, 0.25) is 0 Å². The molecule has 1 aromatic heterocycles. The molecule has 1 aliphatic rings. The molecule has 100 valence electrons. The topological polar surface area (TPSA) is 87.3 Å². The Morgan fingerprint density at radius 3 is 2.61 bits per heavy atom. The molecule has 0 saturated carbocycles. The van der Waals surface area contributed by atoms with Gasteiger partial charge in [0.25, 0.3) is 0 Å². The minimum atomic E-state index is -0.183. The Morgan fingerprint density at radius 1 is 1.39 bits per heavy atom. The third kappa shape index (κ3) is 2.54.